The van der Waals surface area contributed by atoms with E-state index in [1.54, 1.807) is 12.1 Å². The molecule has 0 fully saturated rings. The van der Waals surface area contributed by atoms with Crippen LogP contribution in [0.25, 0.3) is 49.7 Å². The van der Waals surface area contributed by atoms with Crippen molar-refractivity contribution in [2.24, 2.45) is 0 Å². The molecule has 6 aromatic rings. The number of hydrogen-bond acceptors (Lipinski definition) is 2. The van der Waals surface area contributed by atoms with Gasteiger partial charge in [0.2, 0.25) is 0 Å². The summed E-state index contributed by atoms with van der Waals surface area (Å²) in [4.78, 5) is 11.5. The van der Waals surface area contributed by atoms with Crippen LogP contribution >= 0.6 is 0 Å². The Morgan fingerprint density at radius 1 is 0.611 bits per heavy atom. The zero-order valence-electron chi connectivity index (χ0n) is 19.5. The molecule has 1 aliphatic rings. The third-order valence-corrected chi connectivity index (χ3v) is 7.33. The highest BCUT2D eigenvalue weighted by molar-refractivity contribution is 6.15. The molecule has 0 N–H and O–H groups in total. The van der Waals surface area contributed by atoms with Crippen LogP contribution in [0, 0.1) is 10.1 Å². The Morgan fingerprint density at radius 3 is 1.83 bits per heavy atom. The van der Waals surface area contributed by atoms with Gasteiger partial charge in [-0.25, -0.2) is 0 Å². The number of nitro benzene ring substituents is 1. The van der Waals surface area contributed by atoms with Gasteiger partial charge in [0.1, 0.15) is 0 Å². The maximum Gasteiger partial charge on any atom is 0.277 e. The fourth-order valence-corrected chi connectivity index (χ4v) is 5.78. The Bertz CT molecular complexity index is 1800. The van der Waals surface area contributed by atoms with Crippen molar-refractivity contribution in [3.63, 3.8) is 0 Å². The largest absolute Gasteiger partial charge is 0.309 e. The lowest BCUT2D eigenvalue weighted by Gasteiger charge is -2.16. The molecule has 0 aliphatic heterocycles. The molecule has 5 aromatic carbocycles. The van der Waals surface area contributed by atoms with Crippen molar-refractivity contribution >= 4 is 27.5 Å². The minimum absolute atomic E-state index is 0.134. The highest BCUT2D eigenvalue weighted by Crippen LogP contribution is 2.44. The van der Waals surface area contributed by atoms with Gasteiger partial charge < -0.3 is 4.57 Å². The second-order valence-corrected chi connectivity index (χ2v) is 9.37. The molecular formula is C32H22N2O2. The molecule has 0 radical (unpaired) electrons. The van der Waals surface area contributed by atoms with Crippen molar-refractivity contribution in [1.29, 1.82) is 0 Å². The van der Waals surface area contributed by atoms with E-state index in [1.807, 2.05) is 24.3 Å². The second kappa shape index (κ2) is 7.92. The molecule has 7 rings (SSSR count). The summed E-state index contributed by atoms with van der Waals surface area (Å²) in [5.41, 5.74) is 10.0. The molecule has 0 saturated carbocycles. The van der Waals surface area contributed by atoms with Crippen molar-refractivity contribution in [1.82, 2.24) is 4.57 Å². The highest BCUT2D eigenvalue weighted by Gasteiger charge is 2.25. The molecule has 36 heavy (non-hydrogen) atoms. The summed E-state index contributed by atoms with van der Waals surface area (Å²) in [6.07, 6.45) is 1.85. The van der Waals surface area contributed by atoms with Gasteiger partial charge in [-0.2, -0.15) is 0 Å². The first kappa shape index (κ1) is 20.7. The van der Waals surface area contributed by atoms with E-state index in [0.29, 0.717) is 5.56 Å². The molecule has 0 atom stereocenters. The first-order valence-corrected chi connectivity index (χ1v) is 12.2. The van der Waals surface area contributed by atoms with E-state index in [1.165, 1.54) is 38.5 Å². The van der Waals surface area contributed by atoms with Crippen molar-refractivity contribution in [2.45, 2.75) is 12.8 Å². The molecule has 1 heterocycles. The van der Waals surface area contributed by atoms with Gasteiger partial charge in [-0.3, -0.25) is 10.1 Å². The van der Waals surface area contributed by atoms with Crippen molar-refractivity contribution < 1.29 is 4.92 Å². The Labute approximate surface area is 208 Å². The van der Waals surface area contributed by atoms with Crippen LogP contribution in [0.5, 0.6) is 0 Å². The summed E-state index contributed by atoms with van der Waals surface area (Å²) < 4.78 is 2.33. The van der Waals surface area contributed by atoms with Crippen LogP contribution in [0.4, 0.5) is 5.69 Å². The number of aromatic nitrogens is 1. The molecule has 1 aliphatic carbocycles. The molecule has 172 valence electrons. The standard InChI is InChI=1S/C32H22N2O2/c35-34(36)28-14-8-7-13-27(28)25-18-23-16-15-22-17-24(21-9-3-1-4-10-21)19-29-31(22)32(23)30(20-25)33(29)26-11-5-2-6-12-26/h1-14,17-20H,15-16H2. The summed E-state index contributed by atoms with van der Waals surface area (Å²) >= 11 is 0. The number of rotatable bonds is 4. The van der Waals surface area contributed by atoms with Gasteiger partial charge in [-0.15, -0.1) is 0 Å². The molecule has 0 unspecified atom stereocenters. The molecule has 0 amide bonds. The molecular weight excluding hydrogens is 444 g/mol. The van der Waals surface area contributed by atoms with Gasteiger partial charge in [-0.1, -0.05) is 72.8 Å². The van der Waals surface area contributed by atoms with Gasteiger partial charge in [0.05, 0.1) is 21.5 Å². The van der Waals surface area contributed by atoms with Crippen LogP contribution in [0.1, 0.15) is 11.1 Å². The van der Waals surface area contributed by atoms with E-state index in [0.717, 1.165) is 29.6 Å². The van der Waals surface area contributed by atoms with Crippen LogP contribution in [0.2, 0.25) is 0 Å². The molecule has 0 bridgehead atoms. The summed E-state index contributed by atoms with van der Waals surface area (Å²) in [6, 6.07) is 36.9. The minimum Gasteiger partial charge on any atom is -0.309 e. The number of nitro groups is 1. The summed E-state index contributed by atoms with van der Waals surface area (Å²) in [7, 11) is 0. The molecule has 0 saturated heterocycles. The van der Waals surface area contributed by atoms with Crippen molar-refractivity contribution in [2.75, 3.05) is 0 Å². The maximum absolute atomic E-state index is 11.8. The number of aryl methyl sites for hydroxylation is 2. The summed E-state index contributed by atoms with van der Waals surface area (Å²) in [5, 5.41) is 14.4. The average molecular weight is 467 g/mol. The molecule has 0 spiro atoms. The smallest absolute Gasteiger partial charge is 0.277 e. The van der Waals surface area contributed by atoms with Crippen molar-refractivity contribution in [3.05, 3.63) is 130 Å². The first-order chi connectivity index (χ1) is 17.7. The SMILES string of the molecule is O=[N+]([O-])c1ccccc1-c1cc2c3c4c(cc(-c5ccccc5)cc4n(-c4ccccc4)c3c1)CC2. The van der Waals surface area contributed by atoms with Crippen LogP contribution in [0.15, 0.2) is 109 Å². The lowest BCUT2D eigenvalue weighted by Crippen LogP contribution is -2.00. The highest BCUT2D eigenvalue weighted by atomic mass is 16.6. The maximum atomic E-state index is 11.8. The molecule has 4 heteroatoms. The fourth-order valence-electron chi connectivity index (χ4n) is 5.78. The Kier molecular flexibility index (Phi) is 4.55. The Morgan fingerprint density at radius 2 is 1.17 bits per heavy atom. The van der Waals surface area contributed by atoms with Gasteiger partial charge in [0.15, 0.2) is 0 Å². The van der Waals surface area contributed by atoms with Gasteiger partial charge >= 0.3 is 0 Å². The van der Waals surface area contributed by atoms with Gasteiger partial charge in [0, 0.05) is 22.5 Å². The number of benzene rings is 5. The van der Waals surface area contributed by atoms with Gasteiger partial charge in [0.25, 0.3) is 5.69 Å². The van der Waals surface area contributed by atoms with Crippen LogP contribution in [-0.2, 0) is 12.8 Å². The lowest BCUT2D eigenvalue weighted by molar-refractivity contribution is -0.384. The zero-order chi connectivity index (χ0) is 24.2. The number of nitrogens with zero attached hydrogens (tertiary/aromatic N) is 2. The number of para-hydroxylation sites is 2. The molecule has 4 nitrogen and oxygen atoms in total. The van der Waals surface area contributed by atoms with E-state index in [4.69, 9.17) is 0 Å². The minimum atomic E-state index is -0.290. The van der Waals surface area contributed by atoms with E-state index in [2.05, 4.69) is 77.4 Å². The third kappa shape index (κ3) is 3.08. The monoisotopic (exact) mass is 466 g/mol. The van der Waals surface area contributed by atoms with E-state index >= 15 is 0 Å². The van der Waals surface area contributed by atoms with Crippen molar-refractivity contribution in [3.8, 4) is 27.9 Å². The fraction of sp³-hybridized carbons (Fsp3) is 0.0625. The lowest BCUT2D eigenvalue weighted by atomic mass is 9.87. The second-order valence-electron chi connectivity index (χ2n) is 9.37. The van der Waals surface area contributed by atoms with Gasteiger partial charge in [-0.05, 0) is 71.0 Å². The topological polar surface area (TPSA) is 48.1 Å². The predicted octanol–water partition coefficient (Wildman–Crippen LogP) is 8.12. The van der Waals surface area contributed by atoms with Crippen LogP contribution in [-0.4, -0.2) is 9.49 Å². The normalized spacial score (nSPS) is 12.4. The predicted molar refractivity (Wildman–Crippen MR) is 146 cm³/mol. The molecule has 1 aromatic heterocycles. The summed E-state index contributed by atoms with van der Waals surface area (Å²) in [6.45, 7) is 0. The van der Waals surface area contributed by atoms with E-state index < -0.39 is 0 Å². The summed E-state index contributed by atoms with van der Waals surface area (Å²) in [5.74, 6) is 0. The van der Waals surface area contributed by atoms with E-state index in [9.17, 15) is 10.1 Å². The quantitative estimate of drug-likeness (QED) is 0.194. The van der Waals surface area contributed by atoms with Crippen LogP contribution < -0.4 is 0 Å². The Balaban J connectivity index is 1.61. The number of hydrogen-bond donors (Lipinski definition) is 0. The average Bonchev–Trinajstić information content (AvgIpc) is 3.27. The third-order valence-electron chi connectivity index (χ3n) is 7.33. The van der Waals surface area contributed by atoms with Crippen LogP contribution in [0.3, 0.4) is 0 Å². The van der Waals surface area contributed by atoms with E-state index in [-0.39, 0.29) is 10.6 Å². The first-order valence-electron chi connectivity index (χ1n) is 12.2. The zero-order valence-corrected chi connectivity index (χ0v) is 19.5. The Hall–Kier alpha value is -4.70.